The Morgan fingerprint density at radius 3 is 3.04 bits per heavy atom. The molecular weight excluding hydrogens is 366 g/mol. The van der Waals surface area contributed by atoms with E-state index in [9.17, 15) is 9.59 Å². The van der Waals surface area contributed by atoms with Crippen molar-refractivity contribution in [2.24, 2.45) is 5.92 Å². The van der Waals surface area contributed by atoms with Crippen LogP contribution >= 0.6 is 11.3 Å². The lowest BCUT2D eigenvalue weighted by atomic mass is 10.1. The molecule has 0 atom stereocenters. The maximum atomic E-state index is 12.8. The zero-order valence-electron chi connectivity index (χ0n) is 14.4. The minimum atomic E-state index is -0.133. The Morgan fingerprint density at radius 2 is 2.26 bits per heavy atom. The minimum absolute atomic E-state index is 0.0519. The van der Waals surface area contributed by atoms with Gasteiger partial charge in [0.25, 0.3) is 5.91 Å². The van der Waals surface area contributed by atoms with Gasteiger partial charge in [-0.25, -0.2) is 4.98 Å². The van der Waals surface area contributed by atoms with Gasteiger partial charge in [0.05, 0.1) is 18.5 Å². The highest BCUT2D eigenvalue weighted by Crippen LogP contribution is 2.33. The molecule has 3 aromatic heterocycles. The molecule has 0 aromatic carbocycles. The number of anilines is 1. The highest BCUT2D eigenvalue weighted by molar-refractivity contribution is 7.15. The Labute approximate surface area is 158 Å². The summed E-state index contributed by atoms with van der Waals surface area (Å²) < 4.78 is 5.32. The summed E-state index contributed by atoms with van der Waals surface area (Å²) in [5.74, 6) is 0.704. The molecule has 2 aliphatic rings. The predicted octanol–water partition coefficient (Wildman–Crippen LogP) is 2.67. The van der Waals surface area contributed by atoms with Crippen LogP contribution in [0, 0.1) is 5.92 Å². The summed E-state index contributed by atoms with van der Waals surface area (Å²) in [6.07, 6.45) is 4.17. The number of fused-ring (bicyclic) bond motifs is 1. The van der Waals surface area contributed by atoms with Crippen LogP contribution < -0.4 is 5.32 Å². The second kappa shape index (κ2) is 6.34. The van der Waals surface area contributed by atoms with Gasteiger partial charge in [-0.15, -0.1) is 0 Å². The van der Waals surface area contributed by atoms with Gasteiger partial charge in [-0.3, -0.25) is 14.7 Å². The predicted molar refractivity (Wildman–Crippen MR) is 98.2 cm³/mol. The molecule has 1 saturated carbocycles. The molecule has 0 spiro atoms. The molecule has 3 aromatic rings. The number of aromatic amines is 1. The van der Waals surface area contributed by atoms with Crippen molar-refractivity contribution in [2.75, 3.05) is 11.9 Å². The van der Waals surface area contributed by atoms with Crippen LogP contribution in [0.15, 0.2) is 28.9 Å². The number of thiazole rings is 1. The van der Waals surface area contributed by atoms with E-state index in [1.165, 1.54) is 11.3 Å². The smallest absolute Gasteiger partial charge is 0.274 e. The number of rotatable bonds is 4. The Balaban J connectivity index is 1.29. The van der Waals surface area contributed by atoms with Crippen molar-refractivity contribution in [3.8, 4) is 11.5 Å². The average molecular weight is 383 g/mol. The maximum absolute atomic E-state index is 12.8. The van der Waals surface area contributed by atoms with Crippen molar-refractivity contribution in [2.45, 2.75) is 25.8 Å². The molecule has 27 heavy (non-hydrogen) atoms. The molecule has 0 saturated heterocycles. The second-order valence-corrected chi connectivity index (χ2v) is 7.86. The lowest BCUT2D eigenvalue weighted by molar-refractivity contribution is -0.117. The molecule has 0 radical (unpaired) electrons. The molecule has 2 N–H and O–H groups in total. The lowest BCUT2D eigenvalue weighted by Gasteiger charge is -2.25. The van der Waals surface area contributed by atoms with Gasteiger partial charge in [0.15, 0.2) is 16.6 Å². The number of hydrogen-bond acceptors (Lipinski definition) is 6. The first kappa shape index (κ1) is 16.2. The third kappa shape index (κ3) is 3.14. The van der Waals surface area contributed by atoms with Crippen LogP contribution in [0.4, 0.5) is 5.13 Å². The summed E-state index contributed by atoms with van der Waals surface area (Å²) >= 11 is 1.45. The van der Waals surface area contributed by atoms with Crippen LogP contribution in [0.25, 0.3) is 11.5 Å². The Bertz CT molecular complexity index is 1000. The number of hydrogen-bond donors (Lipinski definition) is 2. The van der Waals surface area contributed by atoms with Crippen LogP contribution in [-0.4, -0.2) is 38.4 Å². The number of amides is 2. The summed E-state index contributed by atoms with van der Waals surface area (Å²) in [6, 6.07) is 5.29. The molecule has 138 valence electrons. The van der Waals surface area contributed by atoms with Crippen LogP contribution in [0.2, 0.25) is 0 Å². The first-order valence-electron chi connectivity index (χ1n) is 8.85. The molecule has 0 bridgehead atoms. The fourth-order valence-electron chi connectivity index (χ4n) is 3.13. The Morgan fingerprint density at radius 1 is 1.37 bits per heavy atom. The number of nitrogens with zero attached hydrogens (tertiary/aromatic N) is 3. The molecule has 4 heterocycles. The van der Waals surface area contributed by atoms with Gasteiger partial charge in [0, 0.05) is 29.8 Å². The van der Waals surface area contributed by atoms with E-state index in [-0.39, 0.29) is 17.7 Å². The van der Waals surface area contributed by atoms with Gasteiger partial charge in [-0.1, -0.05) is 11.3 Å². The summed E-state index contributed by atoms with van der Waals surface area (Å²) in [7, 11) is 0. The largest absolute Gasteiger partial charge is 0.463 e. The van der Waals surface area contributed by atoms with Crippen molar-refractivity contribution in [1.82, 2.24) is 20.1 Å². The van der Waals surface area contributed by atoms with Crippen molar-refractivity contribution in [1.29, 1.82) is 0 Å². The quantitative estimate of drug-likeness (QED) is 0.721. The normalized spacial score (nSPS) is 16.2. The molecule has 5 rings (SSSR count). The summed E-state index contributed by atoms with van der Waals surface area (Å²) in [5, 5.41) is 10.5. The SMILES string of the molecule is O=C(Nc1nc2c(s1)CN(C(=O)c1cc(-c3ccco3)[nH]n1)CC2)C1CC1. The lowest BCUT2D eigenvalue weighted by Crippen LogP contribution is -2.35. The van der Waals surface area contributed by atoms with Gasteiger partial charge in [-0.05, 0) is 25.0 Å². The van der Waals surface area contributed by atoms with Crippen molar-refractivity contribution in [3.05, 3.63) is 40.7 Å². The van der Waals surface area contributed by atoms with E-state index in [0.717, 1.165) is 23.4 Å². The first-order valence-corrected chi connectivity index (χ1v) is 9.67. The van der Waals surface area contributed by atoms with E-state index in [1.54, 1.807) is 23.3 Å². The number of carbonyl (C=O) groups excluding carboxylic acids is 2. The summed E-state index contributed by atoms with van der Waals surface area (Å²) in [6.45, 7) is 1.06. The van der Waals surface area contributed by atoms with Crippen LogP contribution in [0.1, 0.15) is 33.9 Å². The van der Waals surface area contributed by atoms with Crippen molar-refractivity contribution < 1.29 is 14.0 Å². The van der Waals surface area contributed by atoms with E-state index < -0.39 is 0 Å². The Kier molecular flexibility index (Phi) is 3.82. The van der Waals surface area contributed by atoms with Crippen molar-refractivity contribution in [3.63, 3.8) is 0 Å². The topological polar surface area (TPSA) is 104 Å². The van der Waals surface area contributed by atoms with Gasteiger partial charge in [0.2, 0.25) is 5.91 Å². The van der Waals surface area contributed by atoms with E-state index in [2.05, 4.69) is 20.5 Å². The molecule has 2 amide bonds. The van der Waals surface area contributed by atoms with Crippen LogP contribution in [0.3, 0.4) is 0 Å². The van der Waals surface area contributed by atoms with E-state index in [1.807, 2.05) is 6.07 Å². The zero-order chi connectivity index (χ0) is 18.4. The molecule has 0 unspecified atom stereocenters. The summed E-state index contributed by atoms with van der Waals surface area (Å²) in [4.78, 5) is 32.0. The molecular formula is C18H17N5O3S. The number of H-pyrrole nitrogens is 1. The van der Waals surface area contributed by atoms with Gasteiger partial charge < -0.3 is 14.6 Å². The second-order valence-electron chi connectivity index (χ2n) is 6.77. The maximum Gasteiger partial charge on any atom is 0.274 e. The summed E-state index contributed by atoms with van der Waals surface area (Å²) in [5.41, 5.74) is 1.99. The highest BCUT2D eigenvalue weighted by Gasteiger charge is 2.31. The molecule has 1 fully saturated rings. The standard InChI is InChI=1S/C18H17N5O3S/c24-16(10-3-4-10)20-18-19-11-5-6-23(9-15(11)27-18)17(25)13-8-12(21-22-13)14-2-1-7-26-14/h1-2,7-8,10H,3-6,9H2,(H,21,22)(H,19,20,24). The monoisotopic (exact) mass is 383 g/mol. The van der Waals surface area contributed by atoms with E-state index >= 15 is 0 Å². The highest BCUT2D eigenvalue weighted by atomic mass is 32.1. The molecule has 1 aliphatic heterocycles. The van der Waals surface area contributed by atoms with Gasteiger partial charge in [-0.2, -0.15) is 5.10 Å². The number of furan rings is 1. The van der Waals surface area contributed by atoms with E-state index in [4.69, 9.17) is 4.42 Å². The number of aromatic nitrogens is 3. The third-order valence-corrected chi connectivity index (χ3v) is 5.78. The number of nitrogens with one attached hydrogen (secondary N) is 2. The Hall–Kier alpha value is -2.94. The van der Waals surface area contributed by atoms with Gasteiger partial charge in [0.1, 0.15) is 5.69 Å². The van der Waals surface area contributed by atoms with Crippen molar-refractivity contribution >= 4 is 28.3 Å². The molecule has 1 aliphatic carbocycles. The van der Waals surface area contributed by atoms with Gasteiger partial charge >= 0.3 is 0 Å². The number of carbonyl (C=O) groups is 2. The zero-order valence-corrected chi connectivity index (χ0v) is 15.2. The third-order valence-electron chi connectivity index (χ3n) is 4.78. The van der Waals surface area contributed by atoms with Crippen LogP contribution in [-0.2, 0) is 17.8 Å². The fraction of sp³-hybridized carbons (Fsp3) is 0.333. The first-order chi connectivity index (χ1) is 13.2. The molecule has 9 heteroatoms. The van der Waals surface area contributed by atoms with E-state index in [0.29, 0.717) is 41.8 Å². The van der Waals surface area contributed by atoms with Crippen LogP contribution in [0.5, 0.6) is 0 Å². The minimum Gasteiger partial charge on any atom is -0.463 e. The molecule has 8 nitrogen and oxygen atoms in total. The fourth-order valence-corrected chi connectivity index (χ4v) is 4.15. The average Bonchev–Trinajstić information content (AvgIpc) is 3.08.